The van der Waals surface area contributed by atoms with Crippen LogP contribution in [0.2, 0.25) is 0 Å². The van der Waals surface area contributed by atoms with Gasteiger partial charge in [0.25, 0.3) is 0 Å². The van der Waals surface area contributed by atoms with Gasteiger partial charge in [-0.1, -0.05) is 0 Å². The molecule has 3 rings (SSSR count). The van der Waals surface area contributed by atoms with E-state index >= 15 is 0 Å². The Bertz CT molecular complexity index is 721. The topological polar surface area (TPSA) is 43.8 Å². The Kier molecular flexibility index (Phi) is 4.69. The van der Waals surface area contributed by atoms with Crippen LogP contribution < -0.4 is 9.80 Å². The number of anilines is 2. The van der Waals surface area contributed by atoms with Crippen LogP contribution >= 0.6 is 0 Å². The Hall–Kier alpha value is -0.751. The van der Waals surface area contributed by atoms with Gasteiger partial charge in [-0.2, -0.15) is 0 Å². The SMILES string of the molecule is CN(C(=O)[Te]1=[Te]C1(O)N(C)c1ccccc1)c1ccccc1. The Labute approximate surface area is 142 Å². The quantitative estimate of drug-likeness (QED) is 0.491. The number of rotatable bonds is 4. The van der Waals surface area contributed by atoms with E-state index in [4.69, 9.17) is 0 Å². The third kappa shape index (κ3) is 3.00. The normalized spacial score (nSPS) is 20.1. The predicted octanol–water partition coefficient (Wildman–Crippen LogP) is 1.86. The van der Waals surface area contributed by atoms with Crippen molar-refractivity contribution in [1.29, 1.82) is 0 Å². The summed E-state index contributed by atoms with van der Waals surface area (Å²) in [6.45, 7) is 0. The van der Waals surface area contributed by atoms with Gasteiger partial charge in [0.15, 0.2) is 0 Å². The third-order valence-corrected chi connectivity index (χ3v) is 23.9. The molecule has 0 aliphatic carbocycles. The number of nitrogens with zero attached hydrogens (tertiary/aromatic N) is 2. The van der Waals surface area contributed by atoms with Crippen molar-refractivity contribution < 1.29 is 9.90 Å². The van der Waals surface area contributed by atoms with E-state index in [2.05, 4.69) is 0 Å². The van der Waals surface area contributed by atoms with Crippen LogP contribution in [-0.2, 0) is 0 Å². The molecule has 1 unspecified atom stereocenters. The van der Waals surface area contributed by atoms with Gasteiger partial charge >= 0.3 is 143 Å². The maximum atomic E-state index is 12.7. The van der Waals surface area contributed by atoms with Gasteiger partial charge in [-0.05, 0) is 0 Å². The first kappa shape index (κ1) is 16.1. The average molecular weight is 525 g/mol. The first-order valence-electron chi connectivity index (χ1n) is 6.82. The van der Waals surface area contributed by atoms with Crippen molar-refractivity contribution in [2.45, 2.75) is 1.82 Å². The Morgan fingerprint density at radius 1 is 1.00 bits per heavy atom. The zero-order valence-electron chi connectivity index (χ0n) is 12.3. The molecule has 1 aliphatic heterocycles. The van der Waals surface area contributed by atoms with Crippen molar-refractivity contribution in [3.63, 3.8) is 0 Å². The molecule has 1 heterocycles. The van der Waals surface area contributed by atoms with Gasteiger partial charge in [0.1, 0.15) is 0 Å². The molecular weight excluding hydrogens is 507 g/mol. The standard InChI is InChI=1S/C16H17N2O2Te2/c1-17(13-9-5-3-6-10-13)15(19)22-16(20,21-22)18(2)14-11-7-4-8-12-14/h3-12,20H,1-2H3. The summed E-state index contributed by atoms with van der Waals surface area (Å²) in [6.07, 6.45) is 0. The fourth-order valence-corrected chi connectivity index (χ4v) is 23.2. The molecule has 1 N–H and O–H groups in total. The van der Waals surface area contributed by atoms with E-state index in [0.717, 1.165) is 11.4 Å². The number of hydrogen-bond donors (Lipinski definition) is 1. The van der Waals surface area contributed by atoms with E-state index in [0.29, 0.717) is 0 Å². The monoisotopic (exact) mass is 529 g/mol. The van der Waals surface area contributed by atoms with Gasteiger partial charge in [-0.25, -0.2) is 0 Å². The second-order valence-corrected chi connectivity index (χ2v) is 23.3. The molecule has 4 nitrogen and oxygen atoms in total. The van der Waals surface area contributed by atoms with Crippen molar-refractivity contribution in [3.8, 4) is 0 Å². The zero-order valence-corrected chi connectivity index (χ0v) is 17.0. The van der Waals surface area contributed by atoms with Crippen LogP contribution in [0.25, 0.3) is 0 Å². The van der Waals surface area contributed by atoms with Gasteiger partial charge in [0.05, 0.1) is 0 Å². The van der Waals surface area contributed by atoms with Crippen LogP contribution in [-0.4, -0.2) is 56.5 Å². The Morgan fingerprint density at radius 2 is 1.50 bits per heavy atom. The van der Waals surface area contributed by atoms with Crippen molar-refractivity contribution >= 4 is 46.8 Å². The summed E-state index contributed by atoms with van der Waals surface area (Å²) in [6, 6.07) is 19.5. The third-order valence-electron chi connectivity index (χ3n) is 3.55. The zero-order chi connectivity index (χ0) is 15.7. The van der Waals surface area contributed by atoms with E-state index in [1.165, 1.54) is 0 Å². The molecule has 2 aromatic rings. The Balaban J connectivity index is 1.75. The second kappa shape index (κ2) is 6.40. The molecule has 115 valence electrons. The molecule has 0 saturated heterocycles. The molecule has 22 heavy (non-hydrogen) atoms. The number of amides is 1. The number of hydrogen-bond acceptors (Lipinski definition) is 3. The van der Waals surface area contributed by atoms with Gasteiger partial charge in [0, 0.05) is 0 Å². The minimum absolute atomic E-state index is 0.169. The van der Waals surface area contributed by atoms with Gasteiger partial charge in [0.2, 0.25) is 0 Å². The number of aliphatic hydroxyl groups is 1. The van der Waals surface area contributed by atoms with Crippen molar-refractivity contribution in [2.24, 2.45) is 0 Å². The molecule has 6 heteroatoms. The predicted molar refractivity (Wildman–Crippen MR) is 91.5 cm³/mol. The molecule has 1 aliphatic rings. The molecule has 1 atom stereocenters. The van der Waals surface area contributed by atoms with Gasteiger partial charge < -0.3 is 0 Å². The van der Waals surface area contributed by atoms with E-state index in [1.807, 2.05) is 79.7 Å². The van der Waals surface area contributed by atoms with Crippen molar-refractivity contribution in [2.75, 3.05) is 23.9 Å². The summed E-state index contributed by atoms with van der Waals surface area (Å²) in [5.41, 5.74) is 1.88. The first-order valence-corrected chi connectivity index (χ1v) is 17.6. The molecule has 1 amide bonds. The molecule has 0 spiro atoms. The summed E-state index contributed by atoms with van der Waals surface area (Å²) < 4.78 is -0.627. The molecular formula is C16H17N2O2Te2. The van der Waals surface area contributed by atoms with Crippen LogP contribution in [0.3, 0.4) is 0 Å². The van der Waals surface area contributed by atoms with E-state index < -0.39 is 33.3 Å². The fourth-order valence-electron chi connectivity index (χ4n) is 2.12. The van der Waals surface area contributed by atoms with Crippen LogP contribution in [0.1, 0.15) is 0 Å². The molecule has 2 aromatic carbocycles. The molecule has 0 saturated carbocycles. The number of carbonyl (C=O) groups excluding carboxylic acids is 1. The number of carbonyl (C=O) groups is 1. The Morgan fingerprint density at radius 3 is 2.05 bits per heavy atom. The second-order valence-electron chi connectivity index (χ2n) is 4.96. The number of para-hydroxylation sites is 2. The minimum atomic E-state index is -2.14. The maximum absolute atomic E-state index is 12.7. The van der Waals surface area contributed by atoms with Crippen LogP contribution in [0.4, 0.5) is 16.2 Å². The van der Waals surface area contributed by atoms with Crippen molar-refractivity contribution in [1.82, 2.24) is 0 Å². The average Bonchev–Trinajstić information content (AvgIpc) is 3.27. The summed E-state index contributed by atoms with van der Waals surface area (Å²) in [5.74, 6) is 0. The summed E-state index contributed by atoms with van der Waals surface area (Å²) in [4.78, 5) is 16.3. The van der Waals surface area contributed by atoms with Crippen LogP contribution in [0, 0.1) is 0 Å². The first-order chi connectivity index (χ1) is 10.5. The van der Waals surface area contributed by atoms with Crippen molar-refractivity contribution in [3.05, 3.63) is 60.7 Å². The van der Waals surface area contributed by atoms with E-state index in [1.54, 1.807) is 4.90 Å². The van der Waals surface area contributed by atoms with E-state index in [9.17, 15) is 9.90 Å². The molecule has 0 fully saturated rings. The van der Waals surface area contributed by atoms with Crippen LogP contribution in [0.5, 0.6) is 0 Å². The molecule has 1 radical (unpaired) electrons. The molecule has 0 aromatic heterocycles. The molecule has 0 bridgehead atoms. The number of benzene rings is 2. The fraction of sp³-hybridized carbons (Fsp3) is 0.188. The summed E-state index contributed by atoms with van der Waals surface area (Å²) in [5, 5.41) is 10.9. The summed E-state index contributed by atoms with van der Waals surface area (Å²) in [7, 11) is 3.71. The van der Waals surface area contributed by atoms with Gasteiger partial charge in [-0.15, -0.1) is 0 Å². The van der Waals surface area contributed by atoms with E-state index in [-0.39, 0.29) is 3.96 Å². The van der Waals surface area contributed by atoms with Gasteiger partial charge in [-0.3, -0.25) is 0 Å². The van der Waals surface area contributed by atoms with Crippen LogP contribution in [0.15, 0.2) is 60.7 Å². The summed E-state index contributed by atoms with van der Waals surface area (Å²) >= 11 is -2.79.